The van der Waals surface area contributed by atoms with E-state index in [9.17, 15) is 14.2 Å². The minimum Gasteiger partial charge on any atom is -0.362 e. The van der Waals surface area contributed by atoms with Crippen molar-refractivity contribution in [2.24, 2.45) is 0 Å². The van der Waals surface area contributed by atoms with E-state index in [0.29, 0.717) is 0 Å². The first-order chi connectivity index (χ1) is 11.3. The molecule has 1 aromatic carbocycles. The molecule has 0 saturated carbocycles. The van der Waals surface area contributed by atoms with E-state index in [1.807, 2.05) is 4.98 Å². The van der Waals surface area contributed by atoms with E-state index in [-0.39, 0.29) is 21.3 Å². The second-order valence-electron chi connectivity index (χ2n) is 4.57. The lowest BCUT2D eigenvalue weighted by molar-refractivity contribution is 0.268. The van der Waals surface area contributed by atoms with Crippen molar-refractivity contribution >= 4 is 36.5 Å². The molecule has 24 heavy (non-hydrogen) atoms. The van der Waals surface area contributed by atoms with Crippen molar-refractivity contribution in [1.82, 2.24) is 9.97 Å². The molecule has 1 heterocycles. The maximum absolute atomic E-state index is 12.9. The third-order valence-corrected chi connectivity index (χ3v) is 5.91. The van der Waals surface area contributed by atoms with Crippen LogP contribution < -0.4 is 16.6 Å². The van der Waals surface area contributed by atoms with E-state index in [4.69, 9.17) is 32.2 Å². The van der Waals surface area contributed by atoms with Crippen molar-refractivity contribution in [3.63, 3.8) is 0 Å². The van der Waals surface area contributed by atoms with Crippen LogP contribution in [0.5, 0.6) is 0 Å². The van der Waals surface area contributed by atoms with Crippen molar-refractivity contribution in [2.45, 2.75) is 5.78 Å². The molecule has 0 aliphatic heterocycles. The first kappa shape index (κ1) is 18.8. The van der Waals surface area contributed by atoms with Gasteiger partial charge in [0.05, 0.1) is 0 Å². The molecule has 0 aliphatic carbocycles. The zero-order valence-corrected chi connectivity index (χ0v) is 15.0. The van der Waals surface area contributed by atoms with Crippen LogP contribution in [0.15, 0.2) is 34.0 Å². The number of H-pyrrole nitrogens is 2. The van der Waals surface area contributed by atoms with Crippen LogP contribution in [-0.4, -0.2) is 24.2 Å². The molecule has 130 valence electrons. The molecule has 1 atom stereocenters. The van der Waals surface area contributed by atoms with Crippen molar-refractivity contribution < 1.29 is 13.6 Å². The van der Waals surface area contributed by atoms with Gasteiger partial charge in [0.2, 0.25) is 0 Å². The highest BCUT2D eigenvalue weighted by Gasteiger charge is 2.38. The molecule has 0 fully saturated rings. The maximum Gasteiger partial charge on any atom is 0.356 e. The van der Waals surface area contributed by atoms with E-state index in [1.165, 1.54) is 14.2 Å². The third-order valence-electron chi connectivity index (χ3n) is 3.21. The molecule has 3 N–H and O–H groups in total. The lowest BCUT2D eigenvalue weighted by atomic mass is 10.2. The monoisotopic (exact) mass is 393 g/mol. The van der Waals surface area contributed by atoms with Gasteiger partial charge in [0, 0.05) is 36.0 Å². The molecule has 0 aliphatic rings. The van der Waals surface area contributed by atoms with E-state index in [0.717, 1.165) is 6.20 Å². The van der Waals surface area contributed by atoms with E-state index < -0.39 is 24.6 Å². The molecule has 0 spiro atoms. The standard InChI is InChI=1S/C13H14Cl2N3O5P/c1-22-24(21,23-2)12(10-7(14)4-3-5-8(10)15)17-9-6-16-13(20)18-11(9)19/h3-6,12,17H,1-2H3,(H2,16,18,19,20). The Morgan fingerprint density at radius 2 is 1.75 bits per heavy atom. The van der Waals surface area contributed by atoms with Gasteiger partial charge in [-0.25, -0.2) is 4.79 Å². The first-order valence-corrected chi connectivity index (χ1v) is 8.93. The quantitative estimate of drug-likeness (QED) is 0.650. The molecule has 11 heteroatoms. The van der Waals surface area contributed by atoms with Crippen LogP contribution in [0.25, 0.3) is 0 Å². The Labute approximate surface area is 146 Å². The molecule has 0 saturated heterocycles. The number of rotatable bonds is 6. The fourth-order valence-corrected chi connectivity index (χ4v) is 4.26. The molecule has 2 aromatic rings. The summed E-state index contributed by atoms with van der Waals surface area (Å²) in [5, 5.41) is 3.13. The second kappa shape index (κ2) is 7.55. The number of aromatic amines is 2. The highest BCUT2D eigenvalue weighted by atomic mass is 35.5. The summed E-state index contributed by atoms with van der Waals surface area (Å²) in [6, 6.07) is 4.71. The Morgan fingerprint density at radius 1 is 1.17 bits per heavy atom. The van der Waals surface area contributed by atoms with Gasteiger partial charge in [-0.3, -0.25) is 14.3 Å². The van der Waals surface area contributed by atoms with E-state index >= 15 is 0 Å². The van der Waals surface area contributed by atoms with Crippen LogP contribution in [0.1, 0.15) is 11.3 Å². The maximum atomic E-state index is 12.9. The molecule has 8 nitrogen and oxygen atoms in total. The first-order valence-electron chi connectivity index (χ1n) is 6.56. The van der Waals surface area contributed by atoms with Gasteiger partial charge in [-0.05, 0) is 12.1 Å². The summed E-state index contributed by atoms with van der Waals surface area (Å²) in [7, 11) is -1.40. The van der Waals surface area contributed by atoms with Crippen LogP contribution in [0, 0.1) is 0 Å². The Morgan fingerprint density at radius 3 is 2.25 bits per heavy atom. The van der Waals surface area contributed by atoms with Gasteiger partial charge in [0.25, 0.3) is 5.56 Å². The predicted molar refractivity (Wildman–Crippen MR) is 92.1 cm³/mol. The lowest BCUT2D eigenvalue weighted by Crippen LogP contribution is -2.26. The number of hydrogen-bond donors (Lipinski definition) is 3. The van der Waals surface area contributed by atoms with E-state index in [1.54, 1.807) is 18.2 Å². The zero-order chi connectivity index (χ0) is 17.9. The summed E-state index contributed by atoms with van der Waals surface area (Å²) in [5.74, 6) is -1.18. The normalized spacial score (nSPS) is 12.8. The molecular formula is C13H14Cl2N3O5P. The van der Waals surface area contributed by atoms with E-state index in [2.05, 4.69) is 10.3 Å². The Hall–Kier alpha value is -1.57. The van der Waals surface area contributed by atoms with Crippen LogP contribution in [-0.2, 0) is 13.6 Å². The highest BCUT2D eigenvalue weighted by Crippen LogP contribution is 2.61. The number of nitrogens with one attached hydrogen (secondary N) is 3. The highest BCUT2D eigenvalue weighted by molar-refractivity contribution is 7.54. The van der Waals surface area contributed by atoms with Crippen LogP contribution >= 0.6 is 30.8 Å². The molecule has 0 radical (unpaired) electrons. The predicted octanol–water partition coefficient (Wildman–Crippen LogP) is 2.97. The van der Waals surface area contributed by atoms with Crippen molar-refractivity contribution in [1.29, 1.82) is 0 Å². The fourth-order valence-electron chi connectivity index (χ4n) is 2.03. The molecule has 1 aromatic heterocycles. The molecule has 0 bridgehead atoms. The summed E-state index contributed by atoms with van der Waals surface area (Å²) < 4.78 is 23.0. The summed E-state index contributed by atoms with van der Waals surface area (Å²) in [4.78, 5) is 27.4. The van der Waals surface area contributed by atoms with Gasteiger partial charge < -0.3 is 19.3 Å². The third kappa shape index (κ3) is 3.74. The molecular weight excluding hydrogens is 380 g/mol. The lowest BCUT2D eigenvalue weighted by Gasteiger charge is -2.27. The average Bonchev–Trinajstić information content (AvgIpc) is 2.55. The summed E-state index contributed by atoms with van der Waals surface area (Å²) >= 11 is 12.4. The SMILES string of the molecule is COP(=O)(OC)C(Nc1c[nH]c(=O)[nH]c1=O)c1c(Cl)cccc1Cl. The molecule has 2 rings (SSSR count). The Bertz CT molecular complexity index is 869. The van der Waals surface area contributed by atoms with Crippen molar-refractivity contribution in [2.75, 3.05) is 19.5 Å². The average molecular weight is 394 g/mol. The van der Waals surface area contributed by atoms with Gasteiger partial charge >= 0.3 is 13.3 Å². The van der Waals surface area contributed by atoms with Crippen LogP contribution in [0.4, 0.5) is 5.69 Å². The summed E-state index contributed by atoms with van der Waals surface area (Å²) in [6.45, 7) is 0. The van der Waals surface area contributed by atoms with Gasteiger partial charge in [0.1, 0.15) is 5.69 Å². The number of benzene rings is 1. The second-order valence-corrected chi connectivity index (χ2v) is 7.71. The largest absolute Gasteiger partial charge is 0.362 e. The summed E-state index contributed by atoms with van der Waals surface area (Å²) in [5.41, 5.74) is -1.23. The number of anilines is 1. The smallest absolute Gasteiger partial charge is 0.356 e. The van der Waals surface area contributed by atoms with Gasteiger partial charge in [0.15, 0.2) is 5.78 Å². The van der Waals surface area contributed by atoms with Gasteiger partial charge in [-0.1, -0.05) is 29.3 Å². The zero-order valence-electron chi connectivity index (χ0n) is 12.6. The topological polar surface area (TPSA) is 113 Å². The van der Waals surface area contributed by atoms with Crippen LogP contribution in [0.2, 0.25) is 10.0 Å². The number of halogens is 2. The van der Waals surface area contributed by atoms with Gasteiger partial charge in [-0.15, -0.1) is 0 Å². The van der Waals surface area contributed by atoms with Crippen molar-refractivity contribution in [3.05, 3.63) is 60.8 Å². The number of hydrogen-bond acceptors (Lipinski definition) is 6. The Balaban J connectivity index is 2.62. The molecule has 0 amide bonds. The fraction of sp³-hybridized carbons (Fsp3) is 0.231. The minimum absolute atomic E-state index is 0.0649. The molecule has 1 unspecified atom stereocenters. The van der Waals surface area contributed by atoms with Crippen molar-refractivity contribution in [3.8, 4) is 0 Å². The minimum atomic E-state index is -3.79. The Kier molecular flexibility index (Phi) is 5.90. The summed E-state index contributed by atoms with van der Waals surface area (Å²) in [6.07, 6.45) is 1.13. The van der Waals surface area contributed by atoms with Gasteiger partial charge in [-0.2, -0.15) is 0 Å². The van der Waals surface area contributed by atoms with Crippen LogP contribution in [0.3, 0.4) is 0 Å². The number of aromatic nitrogens is 2.